The van der Waals surface area contributed by atoms with E-state index in [1.807, 2.05) is 34.7 Å². The highest BCUT2D eigenvalue weighted by Crippen LogP contribution is 2.34. The van der Waals surface area contributed by atoms with Crippen LogP contribution < -0.4 is 11.3 Å². The molecule has 0 bridgehead atoms. The second kappa shape index (κ2) is 5.53. The highest BCUT2D eigenvalue weighted by Gasteiger charge is 2.20. The first-order valence-electron chi connectivity index (χ1n) is 5.31. The molecule has 0 aliphatic carbocycles. The van der Waals surface area contributed by atoms with Crippen molar-refractivity contribution in [1.82, 2.24) is 4.98 Å². The van der Waals surface area contributed by atoms with E-state index in [0.717, 1.165) is 0 Å². The predicted octanol–water partition coefficient (Wildman–Crippen LogP) is 2.63. The number of hydrogen-bond acceptors (Lipinski definition) is 4. The van der Waals surface area contributed by atoms with Crippen LogP contribution in [0.25, 0.3) is 11.1 Å². The third-order valence-corrected chi connectivity index (χ3v) is 4.49. The van der Waals surface area contributed by atoms with E-state index in [2.05, 4.69) is 4.98 Å². The second-order valence-electron chi connectivity index (χ2n) is 3.82. The first-order chi connectivity index (χ1) is 9.51. The Balaban J connectivity index is 3.01. The number of nitrogens with one attached hydrogen (secondary N) is 1. The van der Waals surface area contributed by atoms with Gasteiger partial charge in [0.15, 0.2) is 0 Å². The molecule has 0 radical (unpaired) electrons. The molecule has 7 heteroatoms. The number of nitriles is 2. The van der Waals surface area contributed by atoms with Crippen molar-refractivity contribution < 1.29 is 0 Å². The maximum Gasteiger partial charge on any atom is 0.268 e. The average Bonchev–Trinajstić information content (AvgIpc) is 2.41. The lowest BCUT2D eigenvalue weighted by Crippen LogP contribution is -2.16. The topological polar surface area (TPSA) is 106 Å². The fourth-order valence-corrected chi connectivity index (χ4v) is 2.61. The van der Waals surface area contributed by atoms with Crippen molar-refractivity contribution in [3.63, 3.8) is 0 Å². The third kappa shape index (κ3) is 2.24. The minimum absolute atomic E-state index is 0.0568. The summed E-state index contributed by atoms with van der Waals surface area (Å²) in [7, 11) is 0. The van der Waals surface area contributed by atoms with Crippen molar-refractivity contribution in [2.24, 2.45) is 0 Å². The zero-order chi connectivity index (χ0) is 14.9. The Hall–Kier alpha value is -2.03. The molecule has 1 aromatic carbocycles. The van der Waals surface area contributed by atoms with E-state index in [9.17, 15) is 15.3 Å². The number of benzene rings is 1. The van der Waals surface area contributed by atoms with Crippen molar-refractivity contribution in [3.05, 3.63) is 48.3 Å². The lowest BCUT2D eigenvalue weighted by molar-refractivity contribution is 1.21. The third-order valence-electron chi connectivity index (χ3n) is 2.69. The predicted molar refractivity (Wildman–Crippen MR) is 84.1 cm³/mol. The molecule has 20 heavy (non-hydrogen) atoms. The highest BCUT2D eigenvalue weighted by molar-refractivity contribution is 14.1. The van der Waals surface area contributed by atoms with E-state index in [4.69, 9.17) is 17.3 Å². The summed E-state index contributed by atoms with van der Waals surface area (Å²) in [6.07, 6.45) is 0. The molecule has 3 N–H and O–H groups in total. The van der Waals surface area contributed by atoms with Crippen LogP contribution in [0.15, 0.2) is 23.0 Å². The number of rotatable bonds is 1. The number of H-pyrrole nitrogens is 1. The molecule has 0 unspecified atom stereocenters. The van der Waals surface area contributed by atoms with E-state index in [-0.39, 0.29) is 22.5 Å². The van der Waals surface area contributed by atoms with Gasteiger partial charge in [-0.2, -0.15) is 10.5 Å². The Morgan fingerprint density at radius 2 is 1.90 bits per heavy atom. The van der Waals surface area contributed by atoms with Gasteiger partial charge in [0.05, 0.1) is 5.02 Å². The number of aromatic amines is 1. The van der Waals surface area contributed by atoms with Crippen LogP contribution in [-0.2, 0) is 0 Å². The summed E-state index contributed by atoms with van der Waals surface area (Å²) in [6, 6.07) is 8.78. The monoisotopic (exact) mass is 396 g/mol. The quantitative estimate of drug-likeness (QED) is 0.723. The smallest absolute Gasteiger partial charge is 0.268 e. The van der Waals surface area contributed by atoms with E-state index in [1.165, 1.54) is 0 Å². The summed E-state index contributed by atoms with van der Waals surface area (Å²) in [4.78, 5) is 14.1. The molecule has 0 aliphatic heterocycles. The molecule has 0 aliphatic rings. The molecule has 1 aromatic heterocycles. The summed E-state index contributed by atoms with van der Waals surface area (Å²) in [5.74, 6) is -0.0673. The van der Waals surface area contributed by atoms with Crippen LogP contribution in [0, 0.1) is 26.2 Å². The fourth-order valence-electron chi connectivity index (χ4n) is 1.81. The van der Waals surface area contributed by atoms with E-state index < -0.39 is 5.56 Å². The van der Waals surface area contributed by atoms with Crippen LogP contribution in [0.4, 0.5) is 5.82 Å². The standard InChI is InChI=1S/C13H6ClIN4O/c14-9-3-1-2-6(11(9)15)10-7(4-16)12(18)19-13(20)8(10)5-17/h1-3H,(H3,18,19,20). The molecule has 0 fully saturated rings. The molecular formula is C13H6ClIN4O. The van der Waals surface area contributed by atoms with Crippen molar-refractivity contribution in [3.8, 4) is 23.3 Å². The maximum atomic E-state index is 11.8. The Bertz CT molecular complexity index is 845. The first-order valence-corrected chi connectivity index (χ1v) is 6.77. The van der Waals surface area contributed by atoms with Gasteiger partial charge in [0.25, 0.3) is 5.56 Å². The molecule has 0 saturated carbocycles. The average molecular weight is 397 g/mol. The first kappa shape index (κ1) is 14.4. The molecule has 1 heterocycles. The summed E-state index contributed by atoms with van der Waals surface area (Å²) in [5, 5.41) is 18.9. The van der Waals surface area contributed by atoms with Crippen LogP contribution in [0.1, 0.15) is 11.1 Å². The van der Waals surface area contributed by atoms with Gasteiger partial charge >= 0.3 is 0 Å². The molecule has 2 rings (SSSR count). The summed E-state index contributed by atoms with van der Waals surface area (Å²) in [5.41, 5.74) is 5.67. The Kier molecular flexibility index (Phi) is 3.98. The van der Waals surface area contributed by atoms with Crippen LogP contribution in [0.5, 0.6) is 0 Å². The fraction of sp³-hybridized carbons (Fsp3) is 0. The zero-order valence-electron chi connectivity index (χ0n) is 9.87. The molecular weight excluding hydrogens is 391 g/mol. The van der Waals surface area contributed by atoms with Crippen molar-refractivity contribution in [2.75, 3.05) is 5.73 Å². The van der Waals surface area contributed by atoms with Crippen LogP contribution >= 0.6 is 34.2 Å². The normalized spacial score (nSPS) is 9.80. The van der Waals surface area contributed by atoms with Crippen molar-refractivity contribution >= 4 is 40.0 Å². The molecule has 0 spiro atoms. The Morgan fingerprint density at radius 1 is 1.25 bits per heavy atom. The summed E-state index contributed by atoms with van der Waals surface area (Å²) < 4.78 is 0.643. The molecule has 0 amide bonds. The van der Waals surface area contributed by atoms with Crippen LogP contribution in [0.2, 0.25) is 5.02 Å². The van der Waals surface area contributed by atoms with Gasteiger partial charge in [0.1, 0.15) is 29.1 Å². The van der Waals surface area contributed by atoms with Gasteiger partial charge in [-0.15, -0.1) is 0 Å². The highest BCUT2D eigenvalue weighted by atomic mass is 127. The van der Waals surface area contributed by atoms with Gasteiger partial charge < -0.3 is 10.7 Å². The summed E-state index contributed by atoms with van der Waals surface area (Å²) >= 11 is 8.04. The minimum Gasteiger partial charge on any atom is -0.384 e. The SMILES string of the molecule is N#Cc1c(N)[nH]c(=O)c(C#N)c1-c1cccc(Cl)c1I. The van der Waals surface area contributed by atoms with Crippen LogP contribution in [0.3, 0.4) is 0 Å². The van der Waals surface area contributed by atoms with Gasteiger partial charge in [0.2, 0.25) is 0 Å². The van der Waals surface area contributed by atoms with Gasteiger partial charge in [-0.25, -0.2) is 0 Å². The molecule has 98 valence electrons. The largest absolute Gasteiger partial charge is 0.384 e. The lowest BCUT2D eigenvalue weighted by Gasteiger charge is -2.11. The zero-order valence-corrected chi connectivity index (χ0v) is 12.8. The van der Waals surface area contributed by atoms with E-state index in [1.54, 1.807) is 18.2 Å². The number of halogens is 2. The maximum absolute atomic E-state index is 11.8. The van der Waals surface area contributed by atoms with Gasteiger partial charge in [-0.05, 0) is 34.2 Å². The van der Waals surface area contributed by atoms with Crippen molar-refractivity contribution in [1.29, 1.82) is 10.5 Å². The number of aromatic nitrogens is 1. The minimum atomic E-state index is -0.630. The Morgan fingerprint density at radius 3 is 2.50 bits per heavy atom. The van der Waals surface area contributed by atoms with E-state index in [0.29, 0.717) is 14.2 Å². The number of nitrogen functional groups attached to an aromatic ring is 1. The molecule has 0 atom stereocenters. The molecule has 0 saturated heterocycles. The number of anilines is 1. The van der Waals surface area contributed by atoms with Gasteiger partial charge in [0, 0.05) is 9.13 Å². The van der Waals surface area contributed by atoms with Crippen LogP contribution in [-0.4, -0.2) is 4.98 Å². The molecule has 2 aromatic rings. The number of hydrogen-bond donors (Lipinski definition) is 2. The van der Waals surface area contributed by atoms with Gasteiger partial charge in [-0.3, -0.25) is 4.79 Å². The summed E-state index contributed by atoms with van der Waals surface area (Å²) in [6.45, 7) is 0. The number of pyridine rings is 1. The Labute approximate surface area is 132 Å². The van der Waals surface area contributed by atoms with Gasteiger partial charge in [-0.1, -0.05) is 23.7 Å². The lowest BCUT2D eigenvalue weighted by atomic mass is 9.97. The number of nitrogens with zero attached hydrogens (tertiary/aromatic N) is 2. The number of nitrogens with two attached hydrogens (primary N) is 1. The molecule has 5 nitrogen and oxygen atoms in total. The van der Waals surface area contributed by atoms with Crippen molar-refractivity contribution in [2.45, 2.75) is 0 Å². The van der Waals surface area contributed by atoms with E-state index >= 15 is 0 Å². The second-order valence-corrected chi connectivity index (χ2v) is 5.30.